The number of alkyl halides is 6. The second-order valence-corrected chi connectivity index (χ2v) is 6.05. The summed E-state index contributed by atoms with van der Waals surface area (Å²) >= 11 is 0. The smallest absolute Gasteiger partial charge is 0.392 e. The fourth-order valence-corrected chi connectivity index (χ4v) is 2.63. The largest absolute Gasteiger partial charge is 0.416 e. The van der Waals surface area contributed by atoms with Crippen LogP contribution in [0, 0.1) is 0 Å². The molecule has 28 heavy (non-hydrogen) atoms. The second-order valence-electron chi connectivity index (χ2n) is 6.05. The van der Waals surface area contributed by atoms with Crippen molar-refractivity contribution in [2.24, 2.45) is 0 Å². The molecule has 0 aliphatic carbocycles. The molecular formula is C20H13F6NO. The number of hydrogen-bond donors (Lipinski definition) is 1. The predicted octanol–water partition coefficient (Wildman–Crippen LogP) is 5.95. The standard InChI is InChI=1S/C20H13F6NO/c21-19(22,23)15-5-1-13(2-6-15)17-9-12(11-28)10-18(27-17)14-3-7-16(8-4-14)20(24,25)26/h1-10,28H,11H2. The maximum atomic E-state index is 12.7. The van der Waals surface area contributed by atoms with Crippen molar-refractivity contribution in [1.29, 1.82) is 0 Å². The molecule has 2 aromatic carbocycles. The van der Waals surface area contributed by atoms with E-state index in [4.69, 9.17) is 0 Å². The van der Waals surface area contributed by atoms with E-state index in [1.165, 1.54) is 36.4 Å². The van der Waals surface area contributed by atoms with Crippen LogP contribution in [0.1, 0.15) is 16.7 Å². The van der Waals surface area contributed by atoms with Crippen molar-refractivity contribution in [2.45, 2.75) is 19.0 Å². The molecule has 1 heterocycles. The van der Waals surface area contributed by atoms with Gasteiger partial charge in [-0.05, 0) is 42.0 Å². The highest BCUT2D eigenvalue weighted by Gasteiger charge is 2.30. The van der Waals surface area contributed by atoms with Crippen LogP contribution in [0.15, 0.2) is 60.7 Å². The molecule has 1 aromatic heterocycles. The Balaban J connectivity index is 2.01. The van der Waals surface area contributed by atoms with Crippen molar-refractivity contribution in [3.63, 3.8) is 0 Å². The van der Waals surface area contributed by atoms with Gasteiger partial charge in [0.05, 0.1) is 29.1 Å². The Morgan fingerprint density at radius 1 is 0.643 bits per heavy atom. The SMILES string of the molecule is OCc1cc(-c2ccc(C(F)(F)F)cc2)nc(-c2ccc(C(F)(F)F)cc2)c1. The fraction of sp³-hybridized carbons (Fsp3) is 0.150. The first-order valence-electron chi connectivity index (χ1n) is 8.05. The number of nitrogens with zero attached hydrogens (tertiary/aromatic N) is 1. The predicted molar refractivity (Wildman–Crippen MR) is 91.0 cm³/mol. The van der Waals surface area contributed by atoms with Crippen molar-refractivity contribution in [3.8, 4) is 22.5 Å². The van der Waals surface area contributed by atoms with Crippen LogP contribution in [0.4, 0.5) is 26.3 Å². The zero-order chi connectivity index (χ0) is 20.5. The first-order chi connectivity index (χ1) is 13.1. The van der Waals surface area contributed by atoms with E-state index in [2.05, 4.69) is 4.98 Å². The van der Waals surface area contributed by atoms with Gasteiger partial charge in [-0.2, -0.15) is 26.3 Å². The minimum absolute atomic E-state index is 0.301. The summed E-state index contributed by atoms with van der Waals surface area (Å²) in [7, 11) is 0. The molecule has 0 bridgehead atoms. The molecule has 0 spiro atoms. The summed E-state index contributed by atoms with van der Waals surface area (Å²) in [5.74, 6) is 0. The number of benzene rings is 2. The molecule has 0 aliphatic rings. The van der Waals surface area contributed by atoms with Crippen molar-refractivity contribution in [2.75, 3.05) is 0 Å². The normalized spacial score (nSPS) is 12.2. The van der Waals surface area contributed by atoms with Gasteiger partial charge in [-0.25, -0.2) is 4.98 Å². The van der Waals surface area contributed by atoms with Crippen molar-refractivity contribution in [1.82, 2.24) is 4.98 Å². The Morgan fingerprint density at radius 3 is 1.29 bits per heavy atom. The Bertz CT molecular complexity index is 884. The molecule has 0 unspecified atom stereocenters. The quantitative estimate of drug-likeness (QED) is 0.555. The summed E-state index contributed by atoms with van der Waals surface area (Å²) in [6.45, 7) is -0.357. The van der Waals surface area contributed by atoms with Gasteiger partial charge in [0.25, 0.3) is 0 Å². The minimum Gasteiger partial charge on any atom is -0.392 e. The highest BCUT2D eigenvalue weighted by Crippen LogP contribution is 2.33. The number of aromatic nitrogens is 1. The summed E-state index contributed by atoms with van der Waals surface area (Å²) in [6, 6.07) is 11.7. The maximum absolute atomic E-state index is 12.7. The van der Waals surface area contributed by atoms with Gasteiger partial charge in [0.2, 0.25) is 0 Å². The highest BCUT2D eigenvalue weighted by molar-refractivity contribution is 5.67. The van der Waals surface area contributed by atoms with Gasteiger partial charge in [-0.15, -0.1) is 0 Å². The Hall–Kier alpha value is -2.87. The maximum Gasteiger partial charge on any atom is 0.416 e. The lowest BCUT2D eigenvalue weighted by Crippen LogP contribution is -2.04. The molecular weight excluding hydrogens is 384 g/mol. The summed E-state index contributed by atoms with van der Waals surface area (Å²) in [5.41, 5.74) is 0.188. The van der Waals surface area contributed by atoms with Gasteiger partial charge in [0.1, 0.15) is 0 Å². The molecule has 0 radical (unpaired) electrons. The van der Waals surface area contributed by atoms with Crippen molar-refractivity contribution in [3.05, 3.63) is 77.4 Å². The average Bonchev–Trinajstić information content (AvgIpc) is 2.66. The number of halogens is 6. The van der Waals surface area contributed by atoms with E-state index in [0.29, 0.717) is 28.1 Å². The van der Waals surface area contributed by atoms with Gasteiger partial charge in [0, 0.05) is 11.1 Å². The third-order valence-corrected chi connectivity index (χ3v) is 4.08. The zero-order valence-electron chi connectivity index (χ0n) is 14.1. The average molecular weight is 397 g/mol. The number of pyridine rings is 1. The Labute approximate surface area is 156 Å². The first kappa shape index (κ1) is 19.9. The van der Waals surface area contributed by atoms with Crippen LogP contribution in [0.25, 0.3) is 22.5 Å². The Kier molecular flexibility index (Phi) is 5.16. The van der Waals surface area contributed by atoms with E-state index in [1.807, 2.05) is 0 Å². The van der Waals surface area contributed by atoms with Gasteiger partial charge in [-0.3, -0.25) is 0 Å². The molecule has 1 N–H and O–H groups in total. The van der Waals surface area contributed by atoms with Crippen LogP contribution >= 0.6 is 0 Å². The monoisotopic (exact) mass is 397 g/mol. The lowest BCUT2D eigenvalue weighted by atomic mass is 10.0. The van der Waals surface area contributed by atoms with Crippen molar-refractivity contribution >= 4 is 0 Å². The molecule has 0 fully saturated rings. The van der Waals surface area contributed by atoms with E-state index < -0.39 is 23.5 Å². The van der Waals surface area contributed by atoms with Gasteiger partial charge >= 0.3 is 12.4 Å². The van der Waals surface area contributed by atoms with Crippen LogP contribution in [0.3, 0.4) is 0 Å². The Morgan fingerprint density at radius 2 is 1.00 bits per heavy atom. The fourth-order valence-electron chi connectivity index (χ4n) is 2.63. The van der Waals surface area contributed by atoms with Gasteiger partial charge in [-0.1, -0.05) is 24.3 Å². The summed E-state index contributed by atoms with van der Waals surface area (Å²) < 4.78 is 76.3. The highest BCUT2D eigenvalue weighted by atomic mass is 19.4. The molecule has 146 valence electrons. The van der Waals surface area contributed by atoms with Gasteiger partial charge in [0.15, 0.2) is 0 Å². The molecule has 8 heteroatoms. The first-order valence-corrected chi connectivity index (χ1v) is 8.05. The summed E-state index contributed by atoms with van der Waals surface area (Å²) in [6.07, 6.45) is -8.94. The van der Waals surface area contributed by atoms with E-state index in [1.54, 1.807) is 0 Å². The van der Waals surface area contributed by atoms with Crippen LogP contribution in [-0.2, 0) is 19.0 Å². The number of rotatable bonds is 3. The third kappa shape index (κ3) is 4.33. The number of aliphatic hydroxyl groups excluding tert-OH is 1. The molecule has 0 saturated heterocycles. The lowest BCUT2D eigenvalue weighted by Gasteiger charge is -2.11. The second kappa shape index (κ2) is 7.27. The van der Waals surface area contributed by atoms with E-state index in [0.717, 1.165) is 24.3 Å². The molecule has 0 amide bonds. The lowest BCUT2D eigenvalue weighted by molar-refractivity contribution is -0.138. The number of aliphatic hydroxyl groups is 1. The van der Waals surface area contributed by atoms with Crippen LogP contribution in [0.5, 0.6) is 0 Å². The molecule has 0 atom stereocenters. The molecule has 0 saturated carbocycles. The van der Waals surface area contributed by atoms with Crippen LogP contribution < -0.4 is 0 Å². The summed E-state index contributed by atoms with van der Waals surface area (Å²) in [4.78, 5) is 4.33. The number of hydrogen-bond acceptors (Lipinski definition) is 2. The summed E-state index contributed by atoms with van der Waals surface area (Å²) in [5, 5.41) is 9.46. The van der Waals surface area contributed by atoms with Gasteiger partial charge < -0.3 is 5.11 Å². The topological polar surface area (TPSA) is 33.1 Å². The third-order valence-electron chi connectivity index (χ3n) is 4.08. The van der Waals surface area contributed by atoms with Crippen LogP contribution in [0.2, 0.25) is 0 Å². The van der Waals surface area contributed by atoms with E-state index in [-0.39, 0.29) is 6.61 Å². The minimum atomic E-state index is -4.47. The van der Waals surface area contributed by atoms with Crippen molar-refractivity contribution < 1.29 is 31.4 Å². The molecule has 3 rings (SSSR count). The van der Waals surface area contributed by atoms with E-state index in [9.17, 15) is 31.4 Å². The molecule has 0 aliphatic heterocycles. The van der Waals surface area contributed by atoms with E-state index >= 15 is 0 Å². The molecule has 3 aromatic rings. The van der Waals surface area contributed by atoms with Crippen LogP contribution in [-0.4, -0.2) is 10.1 Å². The molecule has 2 nitrogen and oxygen atoms in total. The zero-order valence-corrected chi connectivity index (χ0v) is 14.1.